The van der Waals surface area contributed by atoms with E-state index in [0.717, 1.165) is 5.69 Å². The van der Waals surface area contributed by atoms with Crippen molar-refractivity contribution in [2.75, 3.05) is 12.4 Å². The number of methoxy groups -OCH3 is 1. The van der Waals surface area contributed by atoms with E-state index in [1.165, 1.54) is 19.2 Å². The van der Waals surface area contributed by atoms with E-state index in [-0.39, 0.29) is 5.82 Å². The zero-order valence-corrected chi connectivity index (χ0v) is 11.8. The third-order valence-corrected chi connectivity index (χ3v) is 2.95. The maximum absolute atomic E-state index is 12.8. The minimum atomic E-state index is -0.283. The second-order valence-electron chi connectivity index (χ2n) is 4.42. The lowest BCUT2D eigenvalue weighted by Gasteiger charge is -2.03. The van der Waals surface area contributed by atoms with Gasteiger partial charge in [0.05, 0.1) is 13.7 Å². The molecule has 2 aromatic heterocycles. The first-order valence-corrected chi connectivity index (χ1v) is 6.57. The molecule has 3 rings (SSSR count). The molecule has 0 aliphatic rings. The van der Waals surface area contributed by atoms with E-state index in [2.05, 4.69) is 20.5 Å². The molecule has 3 aromatic rings. The maximum atomic E-state index is 12.8. The van der Waals surface area contributed by atoms with Crippen LogP contribution >= 0.6 is 0 Å². The molecular formula is C15H13FN4O2. The number of ether oxygens (including phenoxy) is 1. The fraction of sp³-hybridized carbons (Fsp3) is 0.133. The van der Waals surface area contributed by atoms with Crippen LogP contribution in [-0.4, -0.2) is 22.3 Å². The van der Waals surface area contributed by atoms with Gasteiger partial charge in [0, 0.05) is 11.9 Å². The van der Waals surface area contributed by atoms with Crippen LogP contribution in [0.15, 0.2) is 47.0 Å². The van der Waals surface area contributed by atoms with Crippen LogP contribution in [0.3, 0.4) is 0 Å². The van der Waals surface area contributed by atoms with Crippen molar-refractivity contribution in [1.29, 1.82) is 0 Å². The molecule has 0 saturated heterocycles. The van der Waals surface area contributed by atoms with Gasteiger partial charge in [-0.1, -0.05) is 0 Å². The molecule has 1 N–H and O–H groups in total. The zero-order valence-electron chi connectivity index (χ0n) is 11.8. The standard InChI is InChI=1S/C15H13FN4O2/c1-21-14-12(3-2-8-17-14)15-20-19-13(22-15)9-18-11-6-4-10(16)5-7-11/h2-8,18H,9H2,1H3. The van der Waals surface area contributed by atoms with E-state index in [1.807, 2.05) is 0 Å². The Hall–Kier alpha value is -2.96. The van der Waals surface area contributed by atoms with Gasteiger partial charge in [0.15, 0.2) is 0 Å². The van der Waals surface area contributed by atoms with Crippen molar-refractivity contribution in [1.82, 2.24) is 15.2 Å². The zero-order chi connectivity index (χ0) is 15.4. The Bertz CT molecular complexity index is 758. The SMILES string of the molecule is COc1ncccc1-c1nnc(CNc2ccc(F)cc2)o1. The topological polar surface area (TPSA) is 73.1 Å². The van der Waals surface area contributed by atoms with Gasteiger partial charge >= 0.3 is 0 Å². The third kappa shape index (κ3) is 3.03. The van der Waals surface area contributed by atoms with Crippen molar-refractivity contribution < 1.29 is 13.5 Å². The predicted molar refractivity (Wildman–Crippen MR) is 77.8 cm³/mol. The van der Waals surface area contributed by atoms with E-state index in [1.54, 1.807) is 30.5 Å². The molecule has 0 radical (unpaired) electrons. The number of halogens is 1. The molecule has 0 aliphatic carbocycles. The van der Waals surface area contributed by atoms with Crippen LogP contribution in [0.4, 0.5) is 10.1 Å². The summed E-state index contributed by atoms with van der Waals surface area (Å²) >= 11 is 0. The average Bonchev–Trinajstić information content (AvgIpc) is 3.03. The van der Waals surface area contributed by atoms with Crippen LogP contribution in [0, 0.1) is 5.82 Å². The van der Waals surface area contributed by atoms with Crippen molar-refractivity contribution in [2.45, 2.75) is 6.54 Å². The number of benzene rings is 1. The van der Waals surface area contributed by atoms with Crippen LogP contribution in [0.25, 0.3) is 11.5 Å². The number of nitrogens with zero attached hydrogens (tertiary/aromatic N) is 3. The van der Waals surface area contributed by atoms with Crippen molar-refractivity contribution in [3.63, 3.8) is 0 Å². The quantitative estimate of drug-likeness (QED) is 0.781. The Labute approximate surface area is 126 Å². The summed E-state index contributed by atoms with van der Waals surface area (Å²) in [5.41, 5.74) is 1.39. The fourth-order valence-electron chi connectivity index (χ4n) is 1.90. The van der Waals surface area contributed by atoms with Crippen LogP contribution < -0.4 is 10.1 Å². The van der Waals surface area contributed by atoms with Gasteiger partial charge in [-0.25, -0.2) is 9.37 Å². The Balaban J connectivity index is 1.72. The number of pyridine rings is 1. The number of anilines is 1. The molecule has 0 aliphatic heterocycles. The molecule has 0 atom stereocenters. The number of hydrogen-bond donors (Lipinski definition) is 1. The van der Waals surface area contributed by atoms with Gasteiger partial charge in [-0.05, 0) is 36.4 Å². The fourth-order valence-corrected chi connectivity index (χ4v) is 1.90. The second-order valence-corrected chi connectivity index (χ2v) is 4.42. The molecule has 0 unspecified atom stereocenters. The van der Waals surface area contributed by atoms with Gasteiger partial charge < -0.3 is 14.5 Å². The summed E-state index contributed by atoms with van der Waals surface area (Å²) in [6.07, 6.45) is 1.62. The van der Waals surface area contributed by atoms with Crippen molar-refractivity contribution >= 4 is 5.69 Å². The first-order chi connectivity index (χ1) is 10.8. The Kier molecular flexibility index (Phi) is 3.95. The third-order valence-electron chi connectivity index (χ3n) is 2.95. The normalized spacial score (nSPS) is 10.5. The first-order valence-electron chi connectivity index (χ1n) is 6.57. The number of rotatable bonds is 5. The Morgan fingerprint density at radius 3 is 2.77 bits per heavy atom. The van der Waals surface area contributed by atoms with Gasteiger partial charge in [0.2, 0.25) is 11.8 Å². The van der Waals surface area contributed by atoms with Gasteiger partial charge in [-0.2, -0.15) is 0 Å². The van der Waals surface area contributed by atoms with Crippen molar-refractivity contribution in [3.05, 3.63) is 54.3 Å². The summed E-state index contributed by atoms with van der Waals surface area (Å²) < 4.78 is 23.6. The average molecular weight is 300 g/mol. The highest BCUT2D eigenvalue weighted by Gasteiger charge is 2.13. The minimum absolute atomic E-state index is 0.283. The summed E-state index contributed by atoms with van der Waals surface area (Å²) in [6.45, 7) is 0.335. The van der Waals surface area contributed by atoms with Gasteiger partial charge in [-0.3, -0.25) is 0 Å². The van der Waals surface area contributed by atoms with Crippen LogP contribution in [0.2, 0.25) is 0 Å². The lowest BCUT2D eigenvalue weighted by atomic mass is 10.3. The molecule has 0 fully saturated rings. The van der Waals surface area contributed by atoms with Crippen molar-refractivity contribution in [2.24, 2.45) is 0 Å². The highest BCUT2D eigenvalue weighted by atomic mass is 19.1. The number of nitrogens with one attached hydrogen (secondary N) is 1. The number of aromatic nitrogens is 3. The highest BCUT2D eigenvalue weighted by molar-refractivity contribution is 5.59. The van der Waals surface area contributed by atoms with E-state index in [9.17, 15) is 4.39 Å². The van der Waals surface area contributed by atoms with Crippen LogP contribution in [0.5, 0.6) is 5.88 Å². The molecule has 112 valence electrons. The Morgan fingerprint density at radius 2 is 2.00 bits per heavy atom. The van der Waals surface area contributed by atoms with Crippen LogP contribution in [-0.2, 0) is 6.54 Å². The smallest absolute Gasteiger partial charge is 0.253 e. The highest BCUT2D eigenvalue weighted by Crippen LogP contribution is 2.26. The summed E-state index contributed by atoms with van der Waals surface area (Å²) in [6, 6.07) is 9.58. The summed E-state index contributed by atoms with van der Waals surface area (Å²) in [4.78, 5) is 4.08. The summed E-state index contributed by atoms with van der Waals surface area (Å²) in [5.74, 6) is 0.879. The second kappa shape index (κ2) is 6.21. The molecule has 2 heterocycles. The molecule has 0 amide bonds. The van der Waals surface area contributed by atoms with Gasteiger partial charge in [0.25, 0.3) is 5.89 Å². The first kappa shape index (κ1) is 14.0. The van der Waals surface area contributed by atoms with E-state index >= 15 is 0 Å². The maximum Gasteiger partial charge on any atom is 0.253 e. The largest absolute Gasteiger partial charge is 0.480 e. The molecule has 1 aromatic carbocycles. The van der Waals surface area contributed by atoms with Crippen LogP contribution in [0.1, 0.15) is 5.89 Å². The lowest BCUT2D eigenvalue weighted by molar-refractivity contribution is 0.397. The number of hydrogen-bond acceptors (Lipinski definition) is 6. The minimum Gasteiger partial charge on any atom is -0.480 e. The van der Waals surface area contributed by atoms with E-state index < -0.39 is 0 Å². The molecule has 0 bridgehead atoms. The molecular weight excluding hydrogens is 287 g/mol. The molecule has 0 spiro atoms. The molecule has 22 heavy (non-hydrogen) atoms. The monoisotopic (exact) mass is 300 g/mol. The predicted octanol–water partition coefficient (Wildman–Crippen LogP) is 2.89. The van der Waals surface area contributed by atoms with Gasteiger partial charge in [0.1, 0.15) is 11.4 Å². The molecule has 0 saturated carbocycles. The van der Waals surface area contributed by atoms with Gasteiger partial charge in [-0.15, -0.1) is 10.2 Å². The van der Waals surface area contributed by atoms with E-state index in [0.29, 0.717) is 29.8 Å². The molecule has 6 nitrogen and oxygen atoms in total. The summed E-state index contributed by atoms with van der Waals surface area (Å²) in [7, 11) is 1.53. The van der Waals surface area contributed by atoms with Crippen molar-refractivity contribution in [3.8, 4) is 17.3 Å². The molecule has 7 heteroatoms. The Morgan fingerprint density at radius 1 is 1.18 bits per heavy atom. The lowest BCUT2D eigenvalue weighted by Crippen LogP contribution is -1.99. The summed E-state index contributed by atoms with van der Waals surface area (Å²) in [5, 5.41) is 11.0. The van der Waals surface area contributed by atoms with E-state index in [4.69, 9.17) is 9.15 Å².